The van der Waals surface area contributed by atoms with E-state index in [0.29, 0.717) is 19.1 Å². The van der Waals surface area contributed by atoms with Gasteiger partial charge in [0.25, 0.3) is 5.79 Å². The molecular weight excluding hydrogens is 369 g/mol. The molecule has 0 aromatic carbocycles. The summed E-state index contributed by atoms with van der Waals surface area (Å²) in [7, 11) is 0. The summed E-state index contributed by atoms with van der Waals surface area (Å²) in [4.78, 5) is 22.2. The van der Waals surface area contributed by atoms with Gasteiger partial charge in [-0.15, -0.1) is 0 Å². The third-order valence-electron chi connectivity index (χ3n) is 7.02. The fourth-order valence-electron chi connectivity index (χ4n) is 5.65. The summed E-state index contributed by atoms with van der Waals surface area (Å²) in [6.07, 6.45) is -3.35. The number of carbonyl (C=O) groups is 1. The topological polar surface area (TPSA) is 63.2 Å². The van der Waals surface area contributed by atoms with Crippen molar-refractivity contribution in [1.82, 2.24) is 0 Å². The first-order valence-electron chi connectivity index (χ1n) is 9.46. The van der Waals surface area contributed by atoms with Crippen molar-refractivity contribution < 1.29 is 42.0 Å². The lowest BCUT2D eigenvalue weighted by atomic mass is 9.57. The lowest BCUT2D eigenvalue weighted by Crippen LogP contribution is -2.76. The second-order valence-corrected chi connectivity index (χ2v) is 8.46. The number of ether oxygens (including phenoxy) is 3. The van der Waals surface area contributed by atoms with Crippen LogP contribution in [0.1, 0.15) is 46.5 Å². The van der Waals surface area contributed by atoms with Crippen LogP contribution in [0.4, 0.5) is 13.2 Å². The standard InChI is InChI=1S/C18H25F3O6/c1-10-4-5-13-11(2)17(18(19,20)21,23-9-8-22)25-14-16(13)12(10)6-7-15(3,24-14)26-27-16/h8,10-14H,4-7,9H2,1-3H3/t10-,11-,12+,13+,14+,15-,16-,17-/m1/s1. The molecule has 5 fully saturated rings. The zero-order valence-electron chi connectivity index (χ0n) is 15.6. The predicted molar refractivity (Wildman–Crippen MR) is 83.8 cm³/mol. The number of halogens is 3. The average molecular weight is 394 g/mol. The second kappa shape index (κ2) is 6.13. The highest BCUT2D eigenvalue weighted by Gasteiger charge is 2.77. The molecule has 5 rings (SSSR count). The Balaban J connectivity index is 1.83. The van der Waals surface area contributed by atoms with E-state index in [9.17, 15) is 18.0 Å². The third kappa shape index (κ3) is 2.55. The summed E-state index contributed by atoms with van der Waals surface area (Å²) in [6.45, 7) is 4.45. The van der Waals surface area contributed by atoms with Gasteiger partial charge >= 0.3 is 6.18 Å². The normalized spacial score (nSPS) is 52.1. The Bertz CT molecular complexity index is 614. The molecule has 0 amide bonds. The second-order valence-electron chi connectivity index (χ2n) is 8.46. The van der Waals surface area contributed by atoms with Gasteiger partial charge in [0, 0.05) is 18.3 Å². The minimum Gasteiger partial charge on any atom is -0.335 e. The highest BCUT2D eigenvalue weighted by Crippen LogP contribution is 2.64. The van der Waals surface area contributed by atoms with Gasteiger partial charge in [-0.05, 0) is 38.0 Å². The van der Waals surface area contributed by atoms with Crippen LogP contribution < -0.4 is 0 Å². The monoisotopic (exact) mass is 394 g/mol. The molecule has 0 N–H and O–H groups in total. The van der Waals surface area contributed by atoms with Crippen molar-refractivity contribution >= 4 is 6.29 Å². The van der Waals surface area contributed by atoms with Crippen LogP contribution >= 0.6 is 0 Å². The lowest BCUT2D eigenvalue weighted by molar-refractivity contribution is -0.598. The molecule has 1 saturated carbocycles. The molecule has 6 nitrogen and oxygen atoms in total. The van der Waals surface area contributed by atoms with Gasteiger partial charge in [0.2, 0.25) is 5.79 Å². The van der Waals surface area contributed by atoms with Gasteiger partial charge in [-0.25, -0.2) is 9.78 Å². The molecule has 27 heavy (non-hydrogen) atoms. The zero-order chi connectivity index (χ0) is 19.7. The molecule has 0 radical (unpaired) electrons. The average Bonchev–Trinajstić information content (AvgIpc) is 2.82. The van der Waals surface area contributed by atoms with E-state index in [1.807, 2.05) is 0 Å². The molecule has 9 heteroatoms. The number of hydrogen-bond acceptors (Lipinski definition) is 6. The van der Waals surface area contributed by atoms with E-state index in [-0.39, 0.29) is 11.8 Å². The summed E-state index contributed by atoms with van der Waals surface area (Å²) in [5.41, 5.74) is -1.12. The Morgan fingerprint density at radius 3 is 2.52 bits per heavy atom. The van der Waals surface area contributed by atoms with Crippen molar-refractivity contribution in [3.63, 3.8) is 0 Å². The minimum atomic E-state index is -4.84. The summed E-state index contributed by atoms with van der Waals surface area (Å²) in [5.74, 6) is -5.57. The fourth-order valence-corrected chi connectivity index (χ4v) is 5.65. The SMILES string of the molecule is C[C@@H]1CC[C@H]2[C@@H](C)[C@](OCC=O)(C(F)(F)F)O[C@@H]3O[C@@]4(C)CC[C@@H]1[C@]32OO4. The van der Waals surface area contributed by atoms with Crippen molar-refractivity contribution in [2.45, 2.75) is 76.1 Å². The maximum Gasteiger partial charge on any atom is 0.443 e. The van der Waals surface area contributed by atoms with Gasteiger partial charge in [-0.2, -0.15) is 13.2 Å². The maximum absolute atomic E-state index is 14.2. The molecule has 0 aromatic rings. The van der Waals surface area contributed by atoms with Crippen LogP contribution in [0.15, 0.2) is 0 Å². The van der Waals surface area contributed by atoms with Crippen LogP contribution in [0.2, 0.25) is 0 Å². The molecule has 154 valence electrons. The van der Waals surface area contributed by atoms with Gasteiger partial charge < -0.3 is 19.0 Å². The Hall–Kier alpha value is -0.740. The Morgan fingerprint density at radius 2 is 1.85 bits per heavy atom. The van der Waals surface area contributed by atoms with Crippen molar-refractivity contribution in [3.8, 4) is 0 Å². The highest BCUT2D eigenvalue weighted by atomic mass is 19.4. The molecule has 5 aliphatic rings. The maximum atomic E-state index is 14.2. The van der Waals surface area contributed by atoms with Crippen molar-refractivity contribution in [3.05, 3.63) is 0 Å². The van der Waals surface area contributed by atoms with Crippen LogP contribution in [-0.2, 0) is 28.8 Å². The molecule has 8 atom stereocenters. The van der Waals surface area contributed by atoms with Crippen molar-refractivity contribution in [2.75, 3.05) is 6.61 Å². The molecule has 4 saturated heterocycles. The van der Waals surface area contributed by atoms with E-state index in [1.165, 1.54) is 6.92 Å². The molecule has 1 spiro atoms. The minimum absolute atomic E-state index is 0.0506. The number of carbonyl (C=O) groups excluding carboxylic acids is 1. The predicted octanol–water partition coefficient (Wildman–Crippen LogP) is 3.34. The molecule has 0 unspecified atom stereocenters. The van der Waals surface area contributed by atoms with Crippen LogP contribution in [-0.4, -0.2) is 42.5 Å². The van der Waals surface area contributed by atoms with Crippen LogP contribution in [0.3, 0.4) is 0 Å². The van der Waals surface area contributed by atoms with Crippen molar-refractivity contribution in [2.24, 2.45) is 23.7 Å². The Labute approximate surface area is 155 Å². The largest absolute Gasteiger partial charge is 0.443 e. The smallest absolute Gasteiger partial charge is 0.335 e. The van der Waals surface area contributed by atoms with Crippen LogP contribution in [0.5, 0.6) is 0 Å². The summed E-state index contributed by atoms with van der Waals surface area (Å²) in [6, 6.07) is 0. The van der Waals surface area contributed by atoms with Crippen LogP contribution in [0, 0.1) is 23.7 Å². The molecule has 2 bridgehead atoms. The molecule has 1 aliphatic carbocycles. The first kappa shape index (κ1) is 19.6. The van der Waals surface area contributed by atoms with Gasteiger partial charge in [0.1, 0.15) is 12.9 Å². The summed E-state index contributed by atoms with van der Waals surface area (Å²) < 4.78 is 59.1. The Kier molecular flexibility index (Phi) is 4.44. The van der Waals surface area contributed by atoms with Gasteiger partial charge in [-0.1, -0.05) is 13.8 Å². The van der Waals surface area contributed by atoms with Crippen molar-refractivity contribution in [1.29, 1.82) is 0 Å². The van der Waals surface area contributed by atoms with Gasteiger partial charge in [-0.3, -0.25) is 0 Å². The fraction of sp³-hybridized carbons (Fsp3) is 0.944. The first-order chi connectivity index (χ1) is 12.6. The Morgan fingerprint density at radius 1 is 1.11 bits per heavy atom. The van der Waals surface area contributed by atoms with E-state index in [0.717, 1.165) is 12.8 Å². The summed E-state index contributed by atoms with van der Waals surface area (Å²) >= 11 is 0. The van der Waals surface area contributed by atoms with Crippen LogP contribution in [0.25, 0.3) is 0 Å². The summed E-state index contributed by atoms with van der Waals surface area (Å²) in [5, 5.41) is 0. The van der Waals surface area contributed by atoms with E-state index < -0.39 is 48.1 Å². The molecular formula is C18H25F3O6. The first-order valence-corrected chi connectivity index (χ1v) is 9.46. The lowest BCUT2D eigenvalue weighted by Gasteiger charge is -2.62. The highest BCUT2D eigenvalue weighted by molar-refractivity contribution is 5.50. The number of aldehydes is 1. The van der Waals surface area contributed by atoms with Gasteiger partial charge in [0.15, 0.2) is 11.9 Å². The zero-order valence-corrected chi connectivity index (χ0v) is 15.6. The molecule has 4 aliphatic heterocycles. The molecule has 0 aromatic heterocycles. The van der Waals surface area contributed by atoms with E-state index in [1.54, 1.807) is 6.92 Å². The van der Waals surface area contributed by atoms with E-state index in [4.69, 9.17) is 24.0 Å². The number of rotatable bonds is 3. The molecule has 4 heterocycles. The number of fused-ring (bicyclic) bond motifs is 2. The number of alkyl halides is 3. The van der Waals surface area contributed by atoms with E-state index in [2.05, 4.69) is 6.92 Å². The van der Waals surface area contributed by atoms with E-state index >= 15 is 0 Å². The quantitative estimate of drug-likeness (QED) is 0.540. The third-order valence-corrected chi connectivity index (χ3v) is 7.02. The number of hydrogen-bond donors (Lipinski definition) is 0. The van der Waals surface area contributed by atoms with Gasteiger partial charge in [0.05, 0.1) is 0 Å².